The summed E-state index contributed by atoms with van der Waals surface area (Å²) >= 11 is 0. The summed E-state index contributed by atoms with van der Waals surface area (Å²) in [7, 11) is 0. The highest BCUT2D eigenvalue weighted by Gasteiger charge is 2.20. The number of rotatable bonds is 8. The van der Waals surface area contributed by atoms with Gasteiger partial charge in [0.2, 0.25) is 5.91 Å². The summed E-state index contributed by atoms with van der Waals surface area (Å²) in [5, 5.41) is 2.79. The summed E-state index contributed by atoms with van der Waals surface area (Å²) in [5.74, 6) is 0.663. The van der Waals surface area contributed by atoms with E-state index in [0.29, 0.717) is 17.2 Å². The Morgan fingerprint density at radius 2 is 1.83 bits per heavy atom. The van der Waals surface area contributed by atoms with Crippen LogP contribution in [0.3, 0.4) is 0 Å². The van der Waals surface area contributed by atoms with E-state index >= 15 is 0 Å². The molecule has 3 aromatic rings. The molecule has 6 nitrogen and oxygen atoms in total. The molecular formula is C23H24N2O4. The second-order valence-electron chi connectivity index (χ2n) is 6.80. The third-order valence-electron chi connectivity index (χ3n) is 4.37. The minimum absolute atomic E-state index is 0.107. The topological polar surface area (TPSA) is 71.8 Å². The molecule has 0 aliphatic heterocycles. The summed E-state index contributed by atoms with van der Waals surface area (Å²) in [6.07, 6.45) is 1.54. The molecule has 0 radical (unpaired) electrons. The van der Waals surface area contributed by atoms with Gasteiger partial charge in [0, 0.05) is 5.69 Å². The first-order chi connectivity index (χ1) is 14.0. The van der Waals surface area contributed by atoms with Gasteiger partial charge < -0.3 is 19.4 Å². The van der Waals surface area contributed by atoms with Gasteiger partial charge >= 0.3 is 0 Å². The highest BCUT2D eigenvalue weighted by molar-refractivity contribution is 5.94. The van der Waals surface area contributed by atoms with Gasteiger partial charge in [-0.05, 0) is 55.3 Å². The molecule has 150 valence electrons. The Balaban J connectivity index is 1.66. The van der Waals surface area contributed by atoms with E-state index in [1.165, 1.54) is 11.2 Å². The molecule has 0 saturated carbocycles. The van der Waals surface area contributed by atoms with Crippen molar-refractivity contribution in [3.05, 3.63) is 83.8 Å². The number of ether oxygens (including phenoxy) is 1. The molecule has 1 N–H and O–H groups in total. The van der Waals surface area contributed by atoms with Crippen LogP contribution in [0.2, 0.25) is 0 Å². The van der Waals surface area contributed by atoms with Crippen LogP contribution in [-0.4, -0.2) is 29.9 Å². The van der Waals surface area contributed by atoms with Crippen molar-refractivity contribution in [2.75, 3.05) is 18.5 Å². The molecule has 0 unspecified atom stereocenters. The maximum Gasteiger partial charge on any atom is 0.261 e. The molecule has 0 atom stereocenters. The lowest BCUT2D eigenvalue weighted by Crippen LogP contribution is -2.40. The third kappa shape index (κ3) is 5.97. The van der Waals surface area contributed by atoms with Crippen molar-refractivity contribution >= 4 is 17.5 Å². The second kappa shape index (κ2) is 9.59. The quantitative estimate of drug-likeness (QED) is 0.630. The first-order valence-electron chi connectivity index (χ1n) is 9.36. The van der Waals surface area contributed by atoms with Crippen LogP contribution in [0.4, 0.5) is 5.69 Å². The number of hydrogen-bond donors (Lipinski definition) is 1. The van der Waals surface area contributed by atoms with Crippen LogP contribution >= 0.6 is 0 Å². The number of para-hydroxylation sites is 1. The van der Waals surface area contributed by atoms with Crippen LogP contribution in [0, 0.1) is 13.8 Å². The van der Waals surface area contributed by atoms with Crippen LogP contribution in [0.25, 0.3) is 0 Å². The predicted molar refractivity (Wildman–Crippen MR) is 111 cm³/mol. The Bertz CT molecular complexity index is 952. The maximum absolute atomic E-state index is 12.8. The number of carbonyl (C=O) groups is 2. The molecule has 2 aromatic carbocycles. The van der Waals surface area contributed by atoms with E-state index < -0.39 is 0 Å². The standard InChI is InChI=1S/C23H24N2O4/c1-17-10-11-18(2)21(13-17)29-16-23(27)25(14-20-9-6-12-28-20)15-22(26)24-19-7-4-3-5-8-19/h3-13H,14-16H2,1-2H3,(H,24,26). The lowest BCUT2D eigenvalue weighted by Gasteiger charge is -2.21. The lowest BCUT2D eigenvalue weighted by atomic mass is 10.1. The molecule has 1 heterocycles. The van der Waals surface area contributed by atoms with Gasteiger partial charge in [-0.3, -0.25) is 9.59 Å². The third-order valence-corrected chi connectivity index (χ3v) is 4.37. The lowest BCUT2D eigenvalue weighted by molar-refractivity contribution is -0.137. The Kier molecular flexibility index (Phi) is 6.68. The Morgan fingerprint density at radius 3 is 2.55 bits per heavy atom. The predicted octanol–water partition coefficient (Wildman–Crippen LogP) is 3.94. The molecule has 1 aromatic heterocycles. The van der Waals surface area contributed by atoms with Crippen LogP contribution in [0.5, 0.6) is 5.75 Å². The molecule has 0 aliphatic carbocycles. The highest BCUT2D eigenvalue weighted by atomic mass is 16.5. The van der Waals surface area contributed by atoms with E-state index in [2.05, 4.69) is 5.32 Å². The zero-order chi connectivity index (χ0) is 20.6. The first-order valence-corrected chi connectivity index (χ1v) is 9.36. The number of anilines is 1. The molecule has 0 bridgehead atoms. The van der Waals surface area contributed by atoms with E-state index in [1.54, 1.807) is 24.3 Å². The zero-order valence-electron chi connectivity index (χ0n) is 16.6. The van der Waals surface area contributed by atoms with Crippen molar-refractivity contribution in [2.45, 2.75) is 20.4 Å². The largest absolute Gasteiger partial charge is 0.483 e. The molecule has 2 amide bonds. The zero-order valence-corrected chi connectivity index (χ0v) is 16.6. The normalized spacial score (nSPS) is 10.4. The fourth-order valence-electron chi connectivity index (χ4n) is 2.81. The summed E-state index contributed by atoms with van der Waals surface area (Å²) < 4.78 is 11.1. The maximum atomic E-state index is 12.8. The number of nitrogens with zero attached hydrogens (tertiary/aromatic N) is 1. The van der Waals surface area contributed by atoms with E-state index in [4.69, 9.17) is 9.15 Å². The Labute approximate surface area is 170 Å². The van der Waals surface area contributed by atoms with Crippen LogP contribution in [0.15, 0.2) is 71.3 Å². The van der Waals surface area contributed by atoms with Gasteiger partial charge in [0.15, 0.2) is 6.61 Å². The minimum atomic E-state index is -0.300. The van der Waals surface area contributed by atoms with Gasteiger partial charge in [0.25, 0.3) is 5.91 Å². The fraction of sp³-hybridized carbons (Fsp3) is 0.217. The smallest absolute Gasteiger partial charge is 0.261 e. The molecule has 0 fully saturated rings. The van der Waals surface area contributed by atoms with Gasteiger partial charge in [-0.15, -0.1) is 0 Å². The van der Waals surface area contributed by atoms with Gasteiger partial charge in [0.05, 0.1) is 12.8 Å². The molecule has 3 rings (SSSR count). The van der Waals surface area contributed by atoms with Crippen molar-refractivity contribution in [3.63, 3.8) is 0 Å². The fourth-order valence-corrected chi connectivity index (χ4v) is 2.81. The number of furan rings is 1. The van der Waals surface area contributed by atoms with Crippen molar-refractivity contribution < 1.29 is 18.7 Å². The minimum Gasteiger partial charge on any atom is -0.483 e. The van der Waals surface area contributed by atoms with Crippen LogP contribution < -0.4 is 10.1 Å². The van der Waals surface area contributed by atoms with E-state index in [-0.39, 0.29) is 31.5 Å². The highest BCUT2D eigenvalue weighted by Crippen LogP contribution is 2.19. The number of aryl methyl sites for hydroxylation is 2. The average molecular weight is 392 g/mol. The summed E-state index contributed by atoms with van der Waals surface area (Å²) in [5.41, 5.74) is 2.67. The van der Waals surface area contributed by atoms with Gasteiger partial charge in [-0.25, -0.2) is 0 Å². The van der Waals surface area contributed by atoms with Gasteiger partial charge in [0.1, 0.15) is 18.1 Å². The van der Waals surface area contributed by atoms with E-state index in [9.17, 15) is 9.59 Å². The number of hydrogen-bond acceptors (Lipinski definition) is 4. The SMILES string of the molecule is Cc1ccc(C)c(OCC(=O)N(CC(=O)Nc2ccccc2)Cc2ccco2)c1. The number of carbonyl (C=O) groups excluding carboxylic acids is 2. The van der Waals surface area contributed by atoms with E-state index in [0.717, 1.165) is 11.1 Å². The molecule has 0 spiro atoms. The van der Waals surface area contributed by atoms with Crippen LogP contribution in [0.1, 0.15) is 16.9 Å². The number of nitrogens with one attached hydrogen (secondary N) is 1. The van der Waals surface area contributed by atoms with Gasteiger partial charge in [-0.2, -0.15) is 0 Å². The monoisotopic (exact) mass is 392 g/mol. The molecule has 29 heavy (non-hydrogen) atoms. The van der Waals surface area contributed by atoms with Crippen molar-refractivity contribution in [1.29, 1.82) is 0 Å². The number of amides is 2. The summed E-state index contributed by atoms with van der Waals surface area (Å²) in [4.78, 5) is 26.7. The van der Waals surface area contributed by atoms with Crippen molar-refractivity contribution in [2.24, 2.45) is 0 Å². The molecule has 0 saturated heterocycles. The summed E-state index contributed by atoms with van der Waals surface area (Å²) in [6.45, 7) is 3.80. The van der Waals surface area contributed by atoms with Crippen molar-refractivity contribution in [1.82, 2.24) is 4.90 Å². The first kappa shape index (κ1) is 20.2. The average Bonchev–Trinajstić information content (AvgIpc) is 3.22. The number of benzene rings is 2. The molecule has 6 heteroatoms. The Morgan fingerprint density at radius 1 is 1.03 bits per heavy atom. The second-order valence-corrected chi connectivity index (χ2v) is 6.80. The van der Waals surface area contributed by atoms with Crippen molar-refractivity contribution in [3.8, 4) is 5.75 Å². The van der Waals surface area contributed by atoms with Crippen LogP contribution in [-0.2, 0) is 16.1 Å². The molecular weight excluding hydrogens is 368 g/mol. The molecule has 0 aliphatic rings. The van der Waals surface area contributed by atoms with Gasteiger partial charge in [-0.1, -0.05) is 30.3 Å². The summed E-state index contributed by atoms with van der Waals surface area (Å²) in [6, 6.07) is 18.5. The Hall–Kier alpha value is -3.54. The van der Waals surface area contributed by atoms with E-state index in [1.807, 2.05) is 50.2 Å².